The molecule has 0 spiro atoms. The van der Waals surface area contributed by atoms with E-state index >= 15 is 0 Å². The van der Waals surface area contributed by atoms with Gasteiger partial charge in [-0.2, -0.15) is 0 Å². The first-order valence-corrected chi connectivity index (χ1v) is 7.58. The largest absolute Gasteiger partial charge is 0.337 e. The topological polar surface area (TPSA) is 53.5 Å². The minimum Gasteiger partial charge on any atom is -0.337 e. The molecule has 0 bridgehead atoms. The Bertz CT molecular complexity index is 490. The Morgan fingerprint density at radius 3 is 2.67 bits per heavy atom. The van der Waals surface area contributed by atoms with Gasteiger partial charge in [0.1, 0.15) is 6.04 Å². The number of pyridine rings is 1. The normalized spacial score (nSPS) is 18.4. The maximum Gasteiger partial charge on any atom is 0.245 e. The van der Waals surface area contributed by atoms with Crippen LogP contribution < -0.4 is 0 Å². The Balaban J connectivity index is 2.09. The Hall–Kier alpha value is -1.91. The third-order valence-electron chi connectivity index (χ3n) is 4.01. The minimum absolute atomic E-state index is 0.00647. The molecule has 5 heteroatoms. The number of likely N-dealkylation sites (N-methyl/N-ethyl adjacent to an activating group) is 1. The number of likely N-dealkylation sites (tertiary alicyclic amines) is 1. The third kappa shape index (κ3) is 3.80. The van der Waals surface area contributed by atoms with E-state index in [1.54, 1.807) is 24.2 Å². The first kappa shape index (κ1) is 15.5. The van der Waals surface area contributed by atoms with Crippen LogP contribution in [-0.4, -0.2) is 45.7 Å². The van der Waals surface area contributed by atoms with Crippen molar-refractivity contribution < 1.29 is 9.59 Å². The summed E-state index contributed by atoms with van der Waals surface area (Å²) in [4.78, 5) is 32.0. The molecule has 0 N–H and O–H groups in total. The summed E-state index contributed by atoms with van der Waals surface area (Å²) in [6.07, 6.45) is 6.23. The summed E-state index contributed by atoms with van der Waals surface area (Å²) in [6, 6.07) is 3.54. The second kappa shape index (κ2) is 7.20. The van der Waals surface area contributed by atoms with Crippen molar-refractivity contribution in [1.82, 2.24) is 14.8 Å². The fourth-order valence-electron chi connectivity index (χ4n) is 2.83. The summed E-state index contributed by atoms with van der Waals surface area (Å²) >= 11 is 0. The van der Waals surface area contributed by atoms with E-state index in [0.29, 0.717) is 19.6 Å². The van der Waals surface area contributed by atoms with Gasteiger partial charge in [-0.15, -0.1) is 0 Å². The van der Waals surface area contributed by atoms with Gasteiger partial charge in [-0.05, 0) is 43.9 Å². The van der Waals surface area contributed by atoms with Gasteiger partial charge in [0.2, 0.25) is 11.8 Å². The molecule has 2 heterocycles. The lowest BCUT2D eigenvalue weighted by molar-refractivity contribution is -0.146. The number of rotatable bonds is 4. The molecule has 1 atom stereocenters. The van der Waals surface area contributed by atoms with E-state index in [9.17, 15) is 9.59 Å². The van der Waals surface area contributed by atoms with Crippen LogP contribution in [0.5, 0.6) is 0 Å². The number of nitrogens with zero attached hydrogens (tertiary/aromatic N) is 3. The summed E-state index contributed by atoms with van der Waals surface area (Å²) < 4.78 is 0. The number of amides is 2. The van der Waals surface area contributed by atoms with Crippen molar-refractivity contribution in [3.05, 3.63) is 30.1 Å². The summed E-state index contributed by atoms with van der Waals surface area (Å²) in [5.74, 6) is 0.0530. The average molecular weight is 289 g/mol. The molecule has 114 valence electrons. The third-order valence-corrected chi connectivity index (χ3v) is 4.01. The number of hydrogen-bond donors (Lipinski definition) is 0. The van der Waals surface area contributed by atoms with Gasteiger partial charge in [-0.3, -0.25) is 14.6 Å². The Morgan fingerprint density at radius 1 is 1.33 bits per heavy atom. The van der Waals surface area contributed by atoms with E-state index in [2.05, 4.69) is 4.98 Å². The fraction of sp³-hybridized carbons (Fsp3) is 0.562. The van der Waals surface area contributed by atoms with Crippen LogP contribution in [0.4, 0.5) is 0 Å². The van der Waals surface area contributed by atoms with Gasteiger partial charge in [-0.25, -0.2) is 0 Å². The maximum atomic E-state index is 12.8. The molecule has 0 saturated carbocycles. The van der Waals surface area contributed by atoms with Crippen molar-refractivity contribution in [2.24, 2.45) is 0 Å². The van der Waals surface area contributed by atoms with E-state index in [0.717, 1.165) is 24.8 Å². The number of hydrogen-bond acceptors (Lipinski definition) is 3. The highest BCUT2D eigenvalue weighted by Crippen LogP contribution is 2.20. The molecule has 2 rings (SSSR count). The Kier molecular flexibility index (Phi) is 5.31. The maximum absolute atomic E-state index is 12.8. The van der Waals surface area contributed by atoms with Crippen molar-refractivity contribution in [2.75, 3.05) is 13.1 Å². The molecule has 0 aromatic carbocycles. The molecule has 1 aliphatic heterocycles. The highest BCUT2D eigenvalue weighted by Gasteiger charge is 2.32. The molecular formula is C16H23N3O2. The SMILES string of the molecule is CCN(Cc1ccncc1)C(=O)C1CCCCN1C(C)=O. The Morgan fingerprint density at radius 2 is 2.05 bits per heavy atom. The minimum atomic E-state index is -0.293. The zero-order chi connectivity index (χ0) is 15.2. The quantitative estimate of drug-likeness (QED) is 0.849. The molecule has 1 aliphatic rings. The van der Waals surface area contributed by atoms with Crippen LogP contribution in [0.25, 0.3) is 0 Å². The van der Waals surface area contributed by atoms with Crippen LogP contribution >= 0.6 is 0 Å². The van der Waals surface area contributed by atoms with Gasteiger partial charge in [0.25, 0.3) is 0 Å². The van der Waals surface area contributed by atoms with Gasteiger partial charge in [-0.1, -0.05) is 0 Å². The molecule has 5 nitrogen and oxygen atoms in total. The smallest absolute Gasteiger partial charge is 0.245 e. The predicted octanol–water partition coefficient (Wildman–Crippen LogP) is 1.83. The van der Waals surface area contributed by atoms with Crippen LogP contribution in [0.3, 0.4) is 0 Å². The lowest BCUT2D eigenvalue weighted by Gasteiger charge is -2.37. The molecule has 0 aliphatic carbocycles. The molecule has 1 fully saturated rings. The molecule has 1 saturated heterocycles. The predicted molar refractivity (Wildman–Crippen MR) is 80.4 cm³/mol. The van der Waals surface area contributed by atoms with Crippen molar-refractivity contribution in [3.8, 4) is 0 Å². The molecule has 1 aromatic rings. The zero-order valence-corrected chi connectivity index (χ0v) is 12.8. The molecule has 2 amide bonds. The fourth-order valence-corrected chi connectivity index (χ4v) is 2.83. The first-order chi connectivity index (χ1) is 10.1. The summed E-state index contributed by atoms with van der Waals surface area (Å²) in [5.41, 5.74) is 1.06. The van der Waals surface area contributed by atoms with Gasteiger partial charge >= 0.3 is 0 Å². The van der Waals surface area contributed by atoms with E-state index < -0.39 is 0 Å². The zero-order valence-electron chi connectivity index (χ0n) is 12.8. The number of carbonyl (C=O) groups excluding carboxylic acids is 2. The van der Waals surface area contributed by atoms with E-state index in [-0.39, 0.29) is 17.9 Å². The second-order valence-corrected chi connectivity index (χ2v) is 5.43. The van der Waals surface area contributed by atoms with E-state index in [1.807, 2.05) is 24.0 Å². The van der Waals surface area contributed by atoms with Gasteiger partial charge in [0.05, 0.1) is 0 Å². The standard InChI is InChI=1S/C16H23N3O2/c1-3-18(12-14-7-9-17-10-8-14)16(21)15-6-4-5-11-19(15)13(2)20/h7-10,15H,3-6,11-12H2,1-2H3. The highest BCUT2D eigenvalue weighted by molar-refractivity contribution is 5.87. The molecule has 1 unspecified atom stereocenters. The number of piperidine rings is 1. The monoisotopic (exact) mass is 289 g/mol. The van der Waals surface area contributed by atoms with Gasteiger partial charge < -0.3 is 9.80 Å². The average Bonchev–Trinajstić information content (AvgIpc) is 2.53. The number of aromatic nitrogens is 1. The van der Waals surface area contributed by atoms with Crippen LogP contribution in [0.2, 0.25) is 0 Å². The molecule has 1 aromatic heterocycles. The van der Waals surface area contributed by atoms with Crippen LogP contribution in [0.15, 0.2) is 24.5 Å². The van der Waals surface area contributed by atoms with Gasteiger partial charge in [0, 0.05) is 39.0 Å². The lowest BCUT2D eigenvalue weighted by Crippen LogP contribution is -2.52. The molecular weight excluding hydrogens is 266 g/mol. The summed E-state index contributed by atoms with van der Waals surface area (Å²) in [7, 11) is 0. The first-order valence-electron chi connectivity index (χ1n) is 7.58. The van der Waals surface area contributed by atoms with Crippen LogP contribution in [-0.2, 0) is 16.1 Å². The molecule has 21 heavy (non-hydrogen) atoms. The van der Waals surface area contributed by atoms with E-state index in [1.165, 1.54) is 0 Å². The van der Waals surface area contributed by atoms with Crippen LogP contribution in [0.1, 0.15) is 38.7 Å². The van der Waals surface area contributed by atoms with Crippen molar-refractivity contribution in [3.63, 3.8) is 0 Å². The van der Waals surface area contributed by atoms with E-state index in [4.69, 9.17) is 0 Å². The number of carbonyl (C=O) groups is 2. The van der Waals surface area contributed by atoms with Gasteiger partial charge in [0.15, 0.2) is 0 Å². The second-order valence-electron chi connectivity index (χ2n) is 5.43. The van der Waals surface area contributed by atoms with Crippen molar-refractivity contribution in [2.45, 2.75) is 45.7 Å². The summed E-state index contributed by atoms with van der Waals surface area (Å²) in [6.45, 7) is 5.42. The van der Waals surface area contributed by atoms with Crippen molar-refractivity contribution >= 4 is 11.8 Å². The molecule has 0 radical (unpaired) electrons. The summed E-state index contributed by atoms with van der Waals surface area (Å²) in [5, 5.41) is 0. The van der Waals surface area contributed by atoms with Crippen LogP contribution in [0, 0.1) is 0 Å². The van der Waals surface area contributed by atoms with Crippen molar-refractivity contribution in [1.29, 1.82) is 0 Å². The lowest BCUT2D eigenvalue weighted by atomic mass is 10.0. The Labute approximate surface area is 126 Å². The highest BCUT2D eigenvalue weighted by atomic mass is 16.2.